The van der Waals surface area contributed by atoms with Crippen molar-refractivity contribution in [1.82, 2.24) is 20.1 Å². The highest BCUT2D eigenvalue weighted by atomic mass is 16.2. The van der Waals surface area contributed by atoms with Crippen LogP contribution in [0.25, 0.3) is 0 Å². The van der Waals surface area contributed by atoms with Crippen LogP contribution in [0, 0.1) is 0 Å². The van der Waals surface area contributed by atoms with Gasteiger partial charge >= 0.3 is 0 Å². The fraction of sp³-hybridized carbons (Fsp3) is 0.462. The van der Waals surface area contributed by atoms with Crippen molar-refractivity contribution >= 4 is 29.2 Å². The number of hydrogen-bond donors (Lipinski definition) is 2. The summed E-state index contributed by atoms with van der Waals surface area (Å²) < 4.78 is 0. The van der Waals surface area contributed by atoms with Crippen LogP contribution < -0.4 is 15.5 Å². The number of anilines is 2. The first kappa shape index (κ1) is 24.7. The molecule has 0 spiro atoms. The fourth-order valence-corrected chi connectivity index (χ4v) is 4.51. The van der Waals surface area contributed by atoms with Gasteiger partial charge in [-0.05, 0) is 35.7 Å². The van der Waals surface area contributed by atoms with E-state index in [1.807, 2.05) is 42.5 Å². The third-order valence-corrected chi connectivity index (χ3v) is 6.60. The van der Waals surface area contributed by atoms with Crippen LogP contribution in [0.15, 0.2) is 48.7 Å². The number of piperazine rings is 2. The van der Waals surface area contributed by atoms with Crippen molar-refractivity contribution in [1.29, 1.82) is 0 Å². The van der Waals surface area contributed by atoms with E-state index in [2.05, 4.69) is 39.3 Å². The summed E-state index contributed by atoms with van der Waals surface area (Å²) in [6.45, 7) is 8.30. The predicted molar refractivity (Wildman–Crippen MR) is 135 cm³/mol. The van der Waals surface area contributed by atoms with E-state index in [4.69, 9.17) is 0 Å². The Balaban J connectivity index is 1.31. The van der Waals surface area contributed by atoms with Gasteiger partial charge in [0, 0.05) is 51.2 Å². The minimum absolute atomic E-state index is 0.0725. The Hall–Kier alpha value is -3.46. The second kappa shape index (κ2) is 11.3. The number of benzene rings is 1. The van der Waals surface area contributed by atoms with Gasteiger partial charge in [0.1, 0.15) is 11.9 Å². The van der Waals surface area contributed by atoms with E-state index in [1.54, 1.807) is 11.1 Å². The molecular weight excluding hydrogens is 444 g/mol. The van der Waals surface area contributed by atoms with E-state index in [-0.39, 0.29) is 30.7 Å². The van der Waals surface area contributed by atoms with Crippen LogP contribution in [0.2, 0.25) is 0 Å². The molecule has 0 unspecified atom stereocenters. The van der Waals surface area contributed by atoms with Crippen LogP contribution in [-0.2, 0) is 14.4 Å². The summed E-state index contributed by atoms with van der Waals surface area (Å²) in [5.41, 5.74) is 1.87. The molecule has 1 aromatic heterocycles. The number of carbonyl (C=O) groups excluding carboxylic acids is 3. The first-order chi connectivity index (χ1) is 16.9. The summed E-state index contributed by atoms with van der Waals surface area (Å²) in [4.78, 5) is 48.7. The van der Waals surface area contributed by atoms with Crippen molar-refractivity contribution < 1.29 is 14.4 Å². The van der Waals surface area contributed by atoms with E-state index in [1.165, 1.54) is 5.56 Å². The summed E-state index contributed by atoms with van der Waals surface area (Å²) in [7, 11) is 0. The molecule has 2 N–H and O–H groups in total. The number of nitrogens with one attached hydrogen (secondary N) is 2. The first-order valence-corrected chi connectivity index (χ1v) is 12.3. The molecule has 186 valence electrons. The number of hydrogen-bond acceptors (Lipinski definition) is 6. The zero-order valence-corrected chi connectivity index (χ0v) is 20.4. The topological polar surface area (TPSA) is 97.9 Å². The Morgan fingerprint density at radius 3 is 2.46 bits per heavy atom. The average Bonchev–Trinajstić information content (AvgIpc) is 2.86. The molecular formula is C26H34N6O3. The van der Waals surface area contributed by atoms with E-state index in [0.29, 0.717) is 24.7 Å². The maximum Gasteiger partial charge on any atom is 0.243 e. The van der Waals surface area contributed by atoms with E-state index in [0.717, 1.165) is 32.0 Å². The van der Waals surface area contributed by atoms with Gasteiger partial charge in [0.05, 0.1) is 13.0 Å². The number of amides is 3. The van der Waals surface area contributed by atoms with Crippen molar-refractivity contribution in [3.63, 3.8) is 0 Å². The number of nitrogens with zero attached hydrogens (tertiary/aromatic N) is 4. The van der Waals surface area contributed by atoms with Gasteiger partial charge < -0.3 is 20.4 Å². The molecule has 35 heavy (non-hydrogen) atoms. The van der Waals surface area contributed by atoms with E-state index in [9.17, 15) is 14.4 Å². The Morgan fingerprint density at radius 1 is 1.06 bits per heavy atom. The molecule has 0 bridgehead atoms. The minimum Gasteiger partial charge on any atom is -0.354 e. The van der Waals surface area contributed by atoms with E-state index >= 15 is 0 Å². The van der Waals surface area contributed by atoms with Gasteiger partial charge in [-0.3, -0.25) is 19.3 Å². The summed E-state index contributed by atoms with van der Waals surface area (Å²) in [6.07, 6.45) is 1.71. The van der Waals surface area contributed by atoms with Gasteiger partial charge in [0.2, 0.25) is 17.7 Å². The Bertz CT molecular complexity index is 1020. The molecule has 3 amide bonds. The van der Waals surface area contributed by atoms with Gasteiger partial charge in [-0.15, -0.1) is 0 Å². The number of rotatable bonds is 7. The number of carbonyl (C=O) groups is 3. The normalized spacial score (nSPS) is 18.9. The maximum absolute atomic E-state index is 13.2. The van der Waals surface area contributed by atoms with Crippen molar-refractivity contribution in [2.45, 2.75) is 32.2 Å². The molecule has 1 atom stereocenters. The quantitative estimate of drug-likeness (QED) is 0.629. The van der Waals surface area contributed by atoms with Crippen molar-refractivity contribution in [2.75, 3.05) is 56.0 Å². The molecule has 2 aliphatic rings. The molecule has 2 aromatic rings. The largest absolute Gasteiger partial charge is 0.354 e. The van der Waals surface area contributed by atoms with Crippen molar-refractivity contribution in [3.8, 4) is 0 Å². The predicted octanol–water partition coefficient (Wildman–Crippen LogP) is 1.68. The molecule has 4 rings (SSSR count). The van der Waals surface area contributed by atoms with Crippen LogP contribution in [0.3, 0.4) is 0 Å². The molecule has 9 heteroatoms. The van der Waals surface area contributed by atoms with Crippen LogP contribution in [0.4, 0.5) is 11.5 Å². The van der Waals surface area contributed by atoms with Crippen LogP contribution in [0.1, 0.15) is 31.7 Å². The summed E-state index contributed by atoms with van der Waals surface area (Å²) in [6, 6.07) is 12.7. The molecule has 3 heterocycles. The monoisotopic (exact) mass is 478 g/mol. The second-order valence-corrected chi connectivity index (χ2v) is 9.37. The Morgan fingerprint density at radius 2 is 1.80 bits per heavy atom. The minimum atomic E-state index is -0.805. The fourth-order valence-electron chi connectivity index (χ4n) is 4.51. The first-order valence-electron chi connectivity index (χ1n) is 12.3. The lowest BCUT2D eigenvalue weighted by molar-refractivity contribution is -0.145. The highest BCUT2D eigenvalue weighted by molar-refractivity contribution is 5.97. The third-order valence-electron chi connectivity index (χ3n) is 6.60. The molecule has 0 radical (unpaired) electrons. The lowest BCUT2D eigenvalue weighted by atomic mass is 10.0. The maximum atomic E-state index is 13.2. The van der Waals surface area contributed by atoms with Crippen molar-refractivity contribution in [3.05, 3.63) is 54.2 Å². The standard InChI is InChI=1S/C26H34N6O3/c1-19(2)20-6-8-21(9-7-20)29-24(33)17-22-26(35)28-11-12-32(22)25(34)18-30-13-15-31(16-14-30)23-5-3-4-10-27-23/h3-10,19,22H,11-18H2,1-2H3,(H,28,35)(H,29,33)/t22-/m1/s1. The molecule has 2 fully saturated rings. The SMILES string of the molecule is CC(C)c1ccc(NC(=O)C[C@@H]2C(=O)NCCN2C(=O)CN2CCN(c3ccccn3)CC2)cc1. The van der Waals surface area contributed by atoms with Gasteiger partial charge in [0.25, 0.3) is 0 Å². The second-order valence-electron chi connectivity index (χ2n) is 9.37. The average molecular weight is 479 g/mol. The zero-order chi connectivity index (χ0) is 24.8. The number of aromatic nitrogens is 1. The van der Waals surface area contributed by atoms with Crippen molar-refractivity contribution in [2.24, 2.45) is 0 Å². The Labute approximate surface area is 206 Å². The van der Waals surface area contributed by atoms with E-state index < -0.39 is 6.04 Å². The summed E-state index contributed by atoms with van der Waals surface area (Å²) in [5, 5.41) is 5.65. The Kier molecular flexibility index (Phi) is 7.97. The van der Waals surface area contributed by atoms with Gasteiger partial charge in [-0.2, -0.15) is 0 Å². The lowest BCUT2D eigenvalue weighted by Gasteiger charge is -2.38. The lowest BCUT2D eigenvalue weighted by Crippen LogP contribution is -2.60. The van der Waals surface area contributed by atoms with Crippen LogP contribution >= 0.6 is 0 Å². The zero-order valence-electron chi connectivity index (χ0n) is 20.4. The highest BCUT2D eigenvalue weighted by Gasteiger charge is 2.35. The summed E-state index contributed by atoms with van der Waals surface area (Å²) in [5.74, 6) is 0.658. The van der Waals surface area contributed by atoms with Crippen LogP contribution in [-0.4, -0.2) is 84.4 Å². The molecule has 0 saturated carbocycles. The number of pyridine rings is 1. The van der Waals surface area contributed by atoms with Gasteiger partial charge in [-0.25, -0.2) is 4.98 Å². The van der Waals surface area contributed by atoms with Gasteiger partial charge in [-0.1, -0.05) is 32.0 Å². The smallest absolute Gasteiger partial charge is 0.243 e. The third kappa shape index (κ3) is 6.36. The molecule has 1 aromatic carbocycles. The molecule has 0 aliphatic carbocycles. The highest BCUT2D eigenvalue weighted by Crippen LogP contribution is 2.18. The molecule has 2 aliphatic heterocycles. The summed E-state index contributed by atoms with van der Waals surface area (Å²) >= 11 is 0. The van der Waals surface area contributed by atoms with Gasteiger partial charge in [0.15, 0.2) is 0 Å². The van der Waals surface area contributed by atoms with Crippen LogP contribution in [0.5, 0.6) is 0 Å². The molecule has 9 nitrogen and oxygen atoms in total. The molecule has 2 saturated heterocycles.